The molecule has 4 aromatic heterocycles. The molecule has 5 rings (SSSR count). The van der Waals surface area contributed by atoms with Gasteiger partial charge < -0.3 is 19.4 Å². The Labute approximate surface area is 180 Å². The molecule has 1 fully saturated rings. The van der Waals surface area contributed by atoms with Crippen LogP contribution in [0.2, 0.25) is 0 Å². The first kappa shape index (κ1) is 19.9. The second kappa shape index (κ2) is 8.24. The summed E-state index contributed by atoms with van der Waals surface area (Å²) in [6.45, 7) is 4.15. The first-order valence-electron chi connectivity index (χ1n) is 10.6. The monoisotopic (exact) mass is 421 g/mol. The second-order valence-electron chi connectivity index (χ2n) is 8.12. The molecule has 0 bridgehead atoms. The highest BCUT2D eigenvalue weighted by Gasteiger charge is 2.29. The highest BCUT2D eigenvalue weighted by atomic mass is 16.5. The van der Waals surface area contributed by atoms with Gasteiger partial charge in [-0.3, -0.25) is 0 Å². The molecular formula is C22H27N7O2. The summed E-state index contributed by atoms with van der Waals surface area (Å²) in [6.07, 6.45) is 5.99. The smallest absolute Gasteiger partial charge is 0.241 e. The Morgan fingerprint density at radius 3 is 2.81 bits per heavy atom. The van der Waals surface area contributed by atoms with E-state index >= 15 is 0 Å². The van der Waals surface area contributed by atoms with Crippen LogP contribution in [-0.2, 0) is 16.0 Å². The molecule has 1 saturated carbocycles. The van der Waals surface area contributed by atoms with E-state index in [1.54, 1.807) is 14.2 Å². The average molecular weight is 422 g/mol. The second-order valence-corrected chi connectivity index (χ2v) is 8.12. The van der Waals surface area contributed by atoms with E-state index in [-0.39, 0.29) is 0 Å². The van der Waals surface area contributed by atoms with E-state index < -0.39 is 0 Å². The Morgan fingerprint density at radius 1 is 1.13 bits per heavy atom. The maximum Gasteiger partial charge on any atom is 0.241 e. The van der Waals surface area contributed by atoms with Crippen molar-refractivity contribution in [2.45, 2.75) is 32.4 Å². The molecule has 0 unspecified atom stereocenters. The van der Waals surface area contributed by atoms with Gasteiger partial charge >= 0.3 is 0 Å². The molecule has 0 amide bonds. The zero-order chi connectivity index (χ0) is 21.4. The van der Waals surface area contributed by atoms with Gasteiger partial charge in [-0.15, -0.1) is 5.10 Å². The van der Waals surface area contributed by atoms with Crippen molar-refractivity contribution in [2.24, 2.45) is 5.92 Å². The molecule has 0 aliphatic heterocycles. The van der Waals surface area contributed by atoms with Crippen LogP contribution in [0.15, 0.2) is 30.6 Å². The maximum atomic E-state index is 5.24. The van der Waals surface area contributed by atoms with Gasteiger partial charge in [-0.1, -0.05) is 0 Å². The van der Waals surface area contributed by atoms with Crippen LogP contribution in [0.25, 0.3) is 27.9 Å². The zero-order valence-electron chi connectivity index (χ0n) is 18.1. The van der Waals surface area contributed by atoms with Crippen molar-refractivity contribution in [3.05, 3.63) is 36.4 Å². The standard InChI is InChI=1S/C22H27N7O2/c1-14-24-19-5-4-18(26-21(19)28(14)8-9-30-2)17-6-7-29-20(17)12-23-22(27-29)25-16-10-15(11-16)13-31-3/h4-7,12,15-16H,8-11,13H2,1-3H3,(H,25,27). The molecule has 1 aliphatic carbocycles. The summed E-state index contributed by atoms with van der Waals surface area (Å²) in [4.78, 5) is 14.1. The van der Waals surface area contributed by atoms with Gasteiger partial charge in [0, 0.05) is 45.2 Å². The van der Waals surface area contributed by atoms with Crippen molar-refractivity contribution < 1.29 is 9.47 Å². The quantitative estimate of drug-likeness (QED) is 0.468. The molecule has 0 aromatic carbocycles. The van der Waals surface area contributed by atoms with Crippen molar-refractivity contribution in [1.29, 1.82) is 0 Å². The van der Waals surface area contributed by atoms with Gasteiger partial charge in [-0.05, 0) is 43.9 Å². The predicted octanol–water partition coefficient (Wildman–Crippen LogP) is 2.93. The molecule has 0 spiro atoms. The van der Waals surface area contributed by atoms with E-state index in [0.29, 0.717) is 24.5 Å². The molecule has 0 radical (unpaired) electrons. The summed E-state index contributed by atoms with van der Waals surface area (Å²) in [6, 6.07) is 6.46. The lowest BCUT2D eigenvalue weighted by Gasteiger charge is -2.35. The van der Waals surface area contributed by atoms with Gasteiger partial charge in [0.2, 0.25) is 5.95 Å². The molecule has 9 heteroatoms. The summed E-state index contributed by atoms with van der Waals surface area (Å²) in [5.74, 6) is 2.21. The third-order valence-electron chi connectivity index (χ3n) is 5.97. The topological polar surface area (TPSA) is 91.4 Å². The predicted molar refractivity (Wildman–Crippen MR) is 118 cm³/mol. The van der Waals surface area contributed by atoms with Crippen LogP contribution in [0.5, 0.6) is 0 Å². The van der Waals surface area contributed by atoms with E-state index in [2.05, 4.69) is 25.0 Å². The van der Waals surface area contributed by atoms with Crippen molar-refractivity contribution in [3.63, 3.8) is 0 Å². The van der Waals surface area contributed by atoms with Crippen LogP contribution < -0.4 is 5.32 Å². The van der Waals surface area contributed by atoms with Crippen LogP contribution in [0.1, 0.15) is 18.7 Å². The number of aromatic nitrogens is 6. The Balaban J connectivity index is 1.41. The molecule has 1 N–H and O–H groups in total. The van der Waals surface area contributed by atoms with E-state index in [4.69, 9.17) is 14.5 Å². The number of aryl methyl sites for hydroxylation is 1. The van der Waals surface area contributed by atoms with Crippen LogP contribution >= 0.6 is 0 Å². The van der Waals surface area contributed by atoms with Crippen LogP contribution in [0.3, 0.4) is 0 Å². The van der Waals surface area contributed by atoms with E-state index in [9.17, 15) is 0 Å². The number of imidazole rings is 1. The van der Waals surface area contributed by atoms with Crippen LogP contribution in [-0.4, -0.2) is 62.6 Å². The molecule has 4 heterocycles. The fourth-order valence-electron chi connectivity index (χ4n) is 4.31. The largest absolute Gasteiger partial charge is 0.384 e. The minimum absolute atomic E-state index is 0.410. The number of hydrogen-bond donors (Lipinski definition) is 1. The fraction of sp³-hybridized carbons (Fsp3) is 0.455. The first-order chi connectivity index (χ1) is 15.2. The number of nitrogens with zero attached hydrogens (tertiary/aromatic N) is 6. The lowest BCUT2D eigenvalue weighted by Crippen LogP contribution is -2.38. The fourth-order valence-corrected chi connectivity index (χ4v) is 4.31. The molecule has 4 aromatic rings. The molecule has 31 heavy (non-hydrogen) atoms. The summed E-state index contributed by atoms with van der Waals surface area (Å²) >= 11 is 0. The number of hydrogen-bond acceptors (Lipinski definition) is 7. The van der Waals surface area contributed by atoms with E-state index in [0.717, 1.165) is 59.8 Å². The number of anilines is 1. The highest BCUT2D eigenvalue weighted by molar-refractivity contribution is 5.82. The Hall–Kier alpha value is -3.04. The van der Waals surface area contributed by atoms with Gasteiger partial charge in [0.05, 0.1) is 24.0 Å². The third-order valence-corrected chi connectivity index (χ3v) is 5.97. The summed E-state index contributed by atoms with van der Waals surface area (Å²) in [5.41, 5.74) is 4.54. The van der Waals surface area contributed by atoms with E-state index in [1.165, 1.54) is 0 Å². The van der Waals surface area contributed by atoms with Gasteiger partial charge in [0.1, 0.15) is 11.3 Å². The minimum atomic E-state index is 0.410. The van der Waals surface area contributed by atoms with Crippen molar-refractivity contribution in [1.82, 2.24) is 29.1 Å². The lowest BCUT2D eigenvalue weighted by molar-refractivity contribution is 0.104. The number of fused-ring (bicyclic) bond motifs is 2. The Kier molecular flexibility index (Phi) is 5.29. The molecular weight excluding hydrogens is 394 g/mol. The number of ether oxygens (including phenoxy) is 2. The minimum Gasteiger partial charge on any atom is -0.384 e. The van der Waals surface area contributed by atoms with Crippen LogP contribution in [0, 0.1) is 12.8 Å². The van der Waals surface area contributed by atoms with Gasteiger partial charge in [0.15, 0.2) is 5.65 Å². The Bertz CT molecular complexity index is 1210. The number of pyridine rings is 1. The van der Waals surface area contributed by atoms with Crippen LogP contribution in [0.4, 0.5) is 5.95 Å². The molecule has 0 saturated heterocycles. The first-order valence-corrected chi connectivity index (χ1v) is 10.6. The summed E-state index contributed by atoms with van der Waals surface area (Å²) in [7, 11) is 3.45. The third kappa shape index (κ3) is 3.75. The molecule has 1 aliphatic rings. The van der Waals surface area contributed by atoms with Gasteiger partial charge in [-0.25, -0.2) is 19.5 Å². The molecule has 9 nitrogen and oxygen atoms in total. The SMILES string of the molecule is COCCn1c(C)nc2ccc(-c3ccn4nc(NC5CC(COC)C5)ncc34)nc21. The molecule has 162 valence electrons. The summed E-state index contributed by atoms with van der Waals surface area (Å²) in [5, 5.41) is 8.06. The maximum absolute atomic E-state index is 5.24. The van der Waals surface area contributed by atoms with Crippen molar-refractivity contribution >= 4 is 22.6 Å². The van der Waals surface area contributed by atoms with Crippen molar-refractivity contribution in [2.75, 3.05) is 32.8 Å². The summed E-state index contributed by atoms with van der Waals surface area (Å²) < 4.78 is 14.4. The Morgan fingerprint density at radius 2 is 2.00 bits per heavy atom. The van der Waals surface area contributed by atoms with Gasteiger partial charge in [0.25, 0.3) is 0 Å². The van der Waals surface area contributed by atoms with Crippen molar-refractivity contribution in [3.8, 4) is 11.3 Å². The number of rotatable bonds is 8. The van der Waals surface area contributed by atoms with Gasteiger partial charge in [-0.2, -0.15) is 0 Å². The average Bonchev–Trinajstić information content (AvgIpc) is 3.30. The number of methoxy groups -OCH3 is 2. The normalized spacial score (nSPS) is 18.5. The van der Waals surface area contributed by atoms with E-state index in [1.807, 2.05) is 42.0 Å². The molecule has 0 atom stereocenters. The lowest BCUT2D eigenvalue weighted by atomic mass is 9.81. The zero-order valence-corrected chi connectivity index (χ0v) is 18.1. The highest BCUT2D eigenvalue weighted by Crippen LogP contribution is 2.30. The number of nitrogens with one attached hydrogen (secondary N) is 1.